The van der Waals surface area contributed by atoms with Gasteiger partial charge in [0.05, 0.1) is 13.5 Å². The van der Waals surface area contributed by atoms with Gasteiger partial charge in [0, 0.05) is 11.7 Å². The van der Waals surface area contributed by atoms with Crippen LogP contribution in [-0.2, 0) is 16.0 Å². The van der Waals surface area contributed by atoms with E-state index in [1.807, 2.05) is 38.1 Å². The molecule has 0 bridgehead atoms. The fraction of sp³-hybridized carbons (Fsp3) is 0.300. The Morgan fingerprint density at radius 2 is 1.62 bits per heavy atom. The highest BCUT2D eigenvalue weighted by molar-refractivity contribution is 5.92. The van der Waals surface area contributed by atoms with E-state index in [9.17, 15) is 9.59 Å². The predicted octanol–water partition coefficient (Wildman–Crippen LogP) is 2.78. The van der Waals surface area contributed by atoms with Gasteiger partial charge in [-0.3, -0.25) is 9.59 Å². The SMILES string of the molecule is COc1ccccc1OCC(=O)Nc1ccc(CC(=O)NC(C)C)cc1. The molecule has 2 aromatic carbocycles. The van der Waals surface area contributed by atoms with Crippen LogP contribution in [-0.4, -0.2) is 31.6 Å². The summed E-state index contributed by atoms with van der Waals surface area (Å²) in [5.41, 5.74) is 1.53. The average molecular weight is 356 g/mol. The maximum Gasteiger partial charge on any atom is 0.262 e. The Morgan fingerprint density at radius 3 is 2.23 bits per heavy atom. The molecule has 2 rings (SSSR count). The molecule has 0 fully saturated rings. The minimum Gasteiger partial charge on any atom is -0.493 e. The third kappa shape index (κ3) is 6.12. The highest BCUT2D eigenvalue weighted by atomic mass is 16.5. The van der Waals surface area contributed by atoms with Crippen LogP contribution in [0.15, 0.2) is 48.5 Å². The quantitative estimate of drug-likeness (QED) is 0.762. The topological polar surface area (TPSA) is 76.7 Å². The van der Waals surface area contributed by atoms with Gasteiger partial charge in [-0.05, 0) is 43.7 Å². The zero-order valence-corrected chi connectivity index (χ0v) is 15.2. The van der Waals surface area contributed by atoms with Crippen molar-refractivity contribution in [3.05, 3.63) is 54.1 Å². The maximum absolute atomic E-state index is 12.0. The molecule has 0 saturated heterocycles. The molecule has 0 aliphatic rings. The molecule has 2 N–H and O–H groups in total. The molecular weight excluding hydrogens is 332 g/mol. The number of benzene rings is 2. The Kier molecular flexibility index (Phi) is 7.02. The molecule has 6 nitrogen and oxygen atoms in total. The molecule has 0 aliphatic carbocycles. The largest absolute Gasteiger partial charge is 0.493 e. The Morgan fingerprint density at radius 1 is 0.962 bits per heavy atom. The molecule has 0 saturated carbocycles. The first-order valence-electron chi connectivity index (χ1n) is 8.42. The van der Waals surface area contributed by atoms with Gasteiger partial charge in [0.25, 0.3) is 5.91 Å². The fourth-order valence-corrected chi connectivity index (χ4v) is 2.34. The summed E-state index contributed by atoms with van der Waals surface area (Å²) >= 11 is 0. The van der Waals surface area contributed by atoms with Crippen molar-refractivity contribution in [3.8, 4) is 11.5 Å². The molecule has 0 aliphatic heterocycles. The van der Waals surface area contributed by atoms with Gasteiger partial charge < -0.3 is 20.1 Å². The average Bonchev–Trinajstić information content (AvgIpc) is 2.61. The van der Waals surface area contributed by atoms with E-state index in [1.54, 1.807) is 31.4 Å². The van der Waals surface area contributed by atoms with E-state index in [-0.39, 0.29) is 24.5 Å². The summed E-state index contributed by atoms with van der Waals surface area (Å²) in [6.07, 6.45) is 0.309. The number of carbonyl (C=O) groups excluding carboxylic acids is 2. The molecule has 26 heavy (non-hydrogen) atoms. The van der Waals surface area contributed by atoms with Crippen molar-refractivity contribution in [3.63, 3.8) is 0 Å². The van der Waals surface area contributed by atoms with E-state index in [0.717, 1.165) is 5.56 Å². The minimum atomic E-state index is -0.277. The summed E-state index contributed by atoms with van der Waals surface area (Å²) < 4.78 is 10.7. The summed E-state index contributed by atoms with van der Waals surface area (Å²) in [6.45, 7) is 3.71. The van der Waals surface area contributed by atoms with Crippen LogP contribution in [0.4, 0.5) is 5.69 Å². The van der Waals surface area contributed by atoms with Crippen LogP contribution in [0, 0.1) is 0 Å². The van der Waals surface area contributed by atoms with Crippen molar-refractivity contribution >= 4 is 17.5 Å². The van der Waals surface area contributed by atoms with Gasteiger partial charge in [0.15, 0.2) is 18.1 Å². The Bertz CT molecular complexity index is 742. The molecule has 0 atom stereocenters. The number of hydrogen-bond acceptors (Lipinski definition) is 4. The first-order chi connectivity index (χ1) is 12.5. The maximum atomic E-state index is 12.0. The lowest BCUT2D eigenvalue weighted by molar-refractivity contribution is -0.121. The van der Waals surface area contributed by atoms with Crippen LogP contribution in [0.25, 0.3) is 0 Å². The second-order valence-electron chi connectivity index (χ2n) is 6.08. The Hall–Kier alpha value is -3.02. The van der Waals surface area contributed by atoms with E-state index in [0.29, 0.717) is 23.6 Å². The van der Waals surface area contributed by atoms with E-state index < -0.39 is 0 Å². The summed E-state index contributed by atoms with van der Waals surface area (Å²) in [7, 11) is 1.55. The van der Waals surface area contributed by atoms with Gasteiger partial charge in [-0.15, -0.1) is 0 Å². The highest BCUT2D eigenvalue weighted by Crippen LogP contribution is 2.25. The number of carbonyl (C=O) groups is 2. The van der Waals surface area contributed by atoms with E-state index in [4.69, 9.17) is 9.47 Å². The molecule has 2 amide bonds. The van der Waals surface area contributed by atoms with Crippen molar-refractivity contribution in [1.29, 1.82) is 0 Å². The van der Waals surface area contributed by atoms with Crippen molar-refractivity contribution in [2.75, 3.05) is 19.0 Å². The fourth-order valence-electron chi connectivity index (χ4n) is 2.34. The number of methoxy groups -OCH3 is 1. The van der Waals surface area contributed by atoms with E-state index in [1.165, 1.54) is 0 Å². The van der Waals surface area contributed by atoms with Crippen molar-refractivity contribution in [1.82, 2.24) is 5.32 Å². The van der Waals surface area contributed by atoms with Crippen LogP contribution in [0.2, 0.25) is 0 Å². The summed E-state index contributed by atoms with van der Waals surface area (Å²) in [4.78, 5) is 23.8. The number of amides is 2. The van der Waals surface area contributed by atoms with Crippen LogP contribution in [0.1, 0.15) is 19.4 Å². The van der Waals surface area contributed by atoms with Gasteiger partial charge in [0.2, 0.25) is 5.91 Å². The minimum absolute atomic E-state index is 0.0259. The van der Waals surface area contributed by atoms with E-state index in [2.05, 4.69) is 10.6 Å². The lowest BCUT2D eigenvalue weighted by atomic mass is 10.1. The Labute approximate surface area is 153 Å². The third-order valence-electron chi connectivity index (χ3n) is 3.48. The van der Waals surface area contributed by atoms with Gasteiger partial charge >= 0.3 is 0 Å². The number of para-hydroxylation sites is 2. The second-order valence-corrected chi connectivity index (χ2v) is 6.08. The smallest absolute Gasteiger partial charge is 0.262 e. The third-order valence-corrected chi connectivity index (χ3v) is 3.48. The number of hydrogen-bond donors (Lipinski definition) is 2. The normalized spacial score (nSPS) is 10.3. The summed E-state index contributed by atoms with van der Waals surface area (Å²) in [5, 5.41) is 5.60. The Balaban J connectivity index is 1.84. The molecule has 6 heteroatoms. The number of anilines is 1. The van der Waals surface area contributed by atoms with Crippen LogP contribution in [0.5, 0.6) is 11.5 Å². The molecule has 0 unspecified atom stereocenters. The highest BCUT2D eigenvalue weighted by Gasteiger charge is 2.08. The lowest BCUT2D eigenvalue weighted by Gasteiger charge is -2.11. The molecule has 0 radical (unpaired) electrons. The molecule has 0 spiro atoms. The van der Waals surface area contributed by atoms with Gasteiger partial charge in [-0.25, -0.2) is 0 Å². The summed E-state index contributed by atoms with van der Waals surface area (Å²) in [6, 6.07) is 14.4. The zero-order valence-electron chi connectivity index (χ0n) is 15.2. The zero-order chi connectivity index (χ0) is 18.9. The van der Waals surface area contributed by atoms with Crippen molar-refractivity contribution in [2.45, 2.75) is 26.3 Å². The monoisotopic (exact) mass is 356 g/mol. The van der Waals surface area contributed by atoms with Gasteiger partial charge in [-0.1, -0.05) is 24.3 Å². The molecule has 0 heterocycles. The van der Waals surface area contributed by atoms with Crippen molar-refractivity contribution < 1.29 is 19.1 Å². The molecule has 138 valence electrons. The second kappa shape index (κ2) is 9.46. The van der Waals surface area contributed by atoms with Crippen molar-refractivity contribution in [2.24, 2.45) is 0 Å². The van der Waals surface area contributed by atoms with Gasteiger partial charge in [0.1, 0.15) is 0 Å². The molecular formula is C20H24N2O4. The van der Waals surface area contributed by atoms with Crippen LogP contribution in [0.3, 0.4) is 0 Å². The molecule has 0 aromatic heterocycles. The van der Waals surface area contributed by atoms with Crippen LogP contribution < -0.4 is 20.1 Å². The van der Waals surface area contributed by atoms with E-state index >= 15 is 0 Å². The first kappa shape index (κ1) is 19.3. The number of nitrogens with one attached hydrogen (secondary N) is 2. The lowest BCUT2D eigenvalue weighted by Crippen LogP contribution is -2.31. The summed E-state index contributed by atoms with van der Waals surface area (Å²) in [5.74, 6) is 0.782. The van der Waals surface area contributed by atoms with Gasteiger partial charge in [-0.2, -0.15) is 0 Å². The van der Waals surface area contributed by atoms with Crippen LogP contribution >= 0.6 is 0 Å². The predicted molar refractivity (Wildman–Crippen MR) is 101 cm³/mol. The molecule has 2 aromatic rings. The number of rotatable bonds is 8. The standard InChI is InChI=1S/C20H24N2O4/c1-14(2)21-19(23)12-15-8-10-16(11-9-15)22-20(24)13-26-18-7-5-4-6-17(18)25-3/h4-11,14H,12-13H2,1-3H3,(H,21,23)(H,22,24). The number of ether oxygens (including phenoxy) is 2. The first-order valence-corrected chi connectivity index (χ1v) is 8.42.